The Hall–Kier alpha value is -3.54. The van der Waals surface area contributed by atoms with Crippen molar-refractivity contribution in [2.24, 2.45) is 0 Å². The minimum absolute atomic E-state index is 0.180. The van der Waals surface area contributed by atoms with Gasteiger partial charge in [-0.05, 0) is 24.1 Å². The SMILES string of the molecule is COc1cc(OC)c(C(Cc2ccccc2)n2nnc3ccccc32)c(OC)c1. The molecule has 0 aliphatic rings. The lowest BCUT2D eigenvalue weighted by Crippen LogP contribution is -2.17. The van der Waals surface area contributed by atoms with Gasteiger partial charge in [0, 0.05) is 12.1 Å². The Morgan fingerprint density at radius 3 is 2.14 bits per heavy atom. The number of nitrogens with zero attached hydrogens (tertiary/aromatic N) is 3. The van der Waals surface area contributed by atoms with Gasteiger partial charge in [-0.3, -0.25) is 0 Å². The summed E-state index contributed by atoms with van der Waals surface area (Å²) in [4.78, 5) is 0. The van der Waals surface area contributed by atoms with Gasteiger partial charge in [0.05, 0.1) is 38.5 Å². The van der Waals surface area contributed by atoms with E-state index in [1.165, 1.54) is 5.56 Å². The van der Waals surface area contributed by atoms with Gasteiger partial charge in [0.25, 0.3) is 0 Å². The van der Waals surface area contributed by atoms with Crippen LogP contribution < -0.4 is 14.2 Å². The van der Waals surface area contributed by atoms with E-state index in [-0.39, 0.29) is 6.04 Å². The van der Waals surface area contributed by atoms with Gasteiger partial charge in [0.2, 0.25) is 0 Å². The predicted octanol–water partition coefficient (Wildman–Crippen LogP) is 4.29. The summed E-state index contributed by atoms with van der Waals surface area (Å²) in [5.74, 6) is 2.03. The summed E-state index contributed by atoms with van der Waals surface area (Å²) in [6.45, 7) is 0. The zero-order chi connectivity index (χ0) is 20.2. The summed E-state index contributed by atoms with van der Waals surface area (Å²) in [5.41, 5.74) is 3.87. The Bertz CT molecular complexity index is 1080. The smallest absolute Gasteiger partial charge is 0.131 e. The quantitative estimate of drug-likeness (QED) is 0.472. The average molecular weight is 389 g/mol. The highest BCUT2D eigenvalue weighted by atomic mass is 16.5. The van der Waals surface area contributed by atoms with E-state index < -0.39 is 0 Å². The second kappa shape index (κ2) is 8.22. The number of hydrogen-bond donors (Lipinski definition) is 0. The molecule has 0 N–H and O–H groups in total. The summed E-state index contributed by atoms with van der Waals surface area (Å²) in [7, 11) is 4.92. The molecule has 4 aromatic rings. The molecule has 3 aromatic carbocycles. The molecule has 1 heterocycles. The zero-order valence-corrected chi connectivity index (χ0v) is 16.7. The lowest BCUT2D eigenvalue weighted by Gasteiger charge is -2.24. The predicted molar refractivity (Wildman–Crippen MR) is 112 cm³/mol. The number of hydrogen-bond acceptors (Lipinski definition) is 5. The van der Waals surface area contributed by atoms with Gasteiger partial charge in [0.15, 0.2) is 0 Å². The summed E-state index contributed by atoms with van der Waals surface area (Å²) in [6.07, 6.45) is 0.702. The molecule has 1 unspecified atom stereocenters. The lowest BCUT2D eigenvalue weighted by atomic mass is 9.96. The summed E-state index contributed by atoms with van der Waals surface area (Å²) in [6, 6.07) is 21.8. The molecule has 1 atom stereocenters. The fraction of sp³-hybridized carbons (Fsp3) is 0.217. The lowest BCUT2D eigenvalue weighted by molar-refractivity contribution is 0.356. The summed E-state index contributed by atoms with van der Waals surface area (Å²) < 4.78 is 18.8. The third-order valence-electron chi connectivity index (χ3n) is 5.03. The van der Waals surface area contributed by atoms with Gasteiger partial charge >= 0.3 is 0 Å². The van der Waals surface area contributed by atoms with E-state index >= 15 is 0 Å². The monoisotopic (exact) mass is 389 g/mol. The maximum absolute atomic E-state index is 5.74. The molecule has 29 heavy (non-hydrogen) atoms. The van der Waals surface area contributed by atoms with Crippen molar-refractivity contribution >= 4 is 11.0 Å². The van der Waals surface area contributed by atoms with Crippen molar-refractivity contribution in [2.75, 3.05) is 21.3 Å². The normalized spacial score (nSPS) is 12.0. The van der Waals surface area contributed by atoms with Gasteiger partial charge in [-0.25, -0.2) is 4.68 Å². The molecule has 0 fully saturated rings. The Morgan fingerprint density at radius 2 is 1.48 bits per heavy atom. The third-order valence-corrected chi connectivity index (χ3v) is 5.03. The third kappa shape index (κ3) is 3.61. The molecule has 1 aromatic heterocycles. The number of rotatable bonds is 7. The first kappa shape index (κ1) is 18.8. The van der Waals surface area contributed by atoms with Gasteiger partial charge < -0.3 is 14.2 Å². The molecule has 148 valence electrons. The molecule has 0 saturated heterocycles. The van der Waals surface area contributed by atoms with E-state index in [9.17, 15) is 0 Å². The fourth-order valence-electron chi connectivity index (χ4n) is 3.63. The van der Waals surface area contributed by atoms with Crippen molar-refractivity contribution in [3.63, 3.8) is 0 Å². The van der Waals surface area contributed by atoms with Crippen LogP contribution in [0, 0.1) is 0 Å². The molecule has 0 spiro atoms. The first-order chi connectivity index (χ1) is 14.2. The van der Waals surface area contributed by atoms with Crippen molar-refractivity contribution in [1.82, 2.24) is 15.0 Å². The first-order valence-electron chi connectivity index (χ1n) is 9.39. The molecule has 0 saturated carbocycles. The number of methoxy groups -OCH3 is 3. The maximum Gasteiger partial charge on any atom is 0.131 e. The fourth-order valence-corrected chi connectivity index (χ4v) is 3.63. The standard InChI is InChI=1S/C23H23N3O3/c1-27-17-14-21(28-2)23(22(15-17)29-3)20(13-16-9-5-4-6-10-16)26-19-12-8-7-11-18(19)24-25-26/h4-12,14-15,20H,13H2,1-3H3. The van der Waals surface area contributed by atoms with Crippen LogP contribution in [0.5, 0.6) is 17.2 Å². The van der Waals surface area contributed by atoms with Crippen LogP contribution in [0.2, 0.25) is 0 Å². The molecular formula is C23H23N3O3. The van der Waals surface area contributed by atoms with Gasteiger partial charge in [0.1, 0.15) is 22.8 Å². The van der Waals surface area contributed by atoms with Crippen LogP contribution in [0.4, 0.5) is 0 Å². The molecule has 0 bridgehead atoms. The highest BCUT2D eigenvalue weighted by Gasteiger charge is 2.27. The van der Waals surface area contributed by atoms with E-state index in [0.29, 0.717) is 23.7 Å². The van der Waals surface area contributed by atoms with Gasteiger partial charge in [-0.2, -0.15) is 0 Å². The van der Waals surface area contributed by atoms with Crippen LogP contribution >= 0.6 is 0 Å². The van der Waals surface area contributed by atoms with Crippen molar-refractivity contribution in [3.8, 4) is 17.2 Å². The van der Waals surface area contributed by atoms with Crippen molar-refractivity contribution in [2.45, 2.75) is 12.5 Å². The van der Waals surface area contributed by atoms with Crippen LogP contribution in [0.25, 0.3) is 11.0 Å². The molecule has 0 amide bonds. The topological polar surface area (TPSA) is 58.4 Å². The molecule has 4 rings (SSSR count). The summed E-state index contributed by atoms with van der Waals surface area (Å²) in [5, 5.41) is 8.84. The van der Waals surface area contributed by atoms with Crippen LogP contribution in [0.1, 0.15) is 17.2 Å². The largest absolute Gasteiger partial charge is 0.496 e. The Labute approximate surface area is 169 Å². The van der Waals surface area contributed by atoms with Crippen molar-refractivity contribution < 1.29 is 14.2 Å². The minimum Gasteiger partial charge on any atom is -0.496 e. The van der Waals surface area contributed by atoms with E-state index in [0.717, 1.165) is 16.6 Å². The Morgan fingerprint density at radius 1 is 0.828 bits per heavy atom. The van der Waals surface area contributed by atoms with Crippen LogP contribution in [0.3, 0.4) is 0 Å². The highest BCUT2D eigenvalue weighted by Crippen LogP contribution is 2.41. The average Bonchev–Trinajstić information content (AvgIpc) is 3.21. The van der Waals surface area contributed by atoms with Crippen LogP contribution in [-0.4, -0.2) is 36.3 Å². The number of ether oxygens (including phenoxy) is 3. The number of para-hydroxylation sites is 1. The number of fused-ring (bicyclic) bond motifs is 1. The van der Waals surface area contributed by atoms with E-state index in [4.69, 9.17) is 14.2 Å². The second-order valence-electron chi connectivity index (χ2n) is 6.67. The molecule has 0 aliphatic carbocycles. The maximum atomic E-state index is 5.74. The van der Waals surface area contributed by atoms with Crippen LogP contribution in [-0.2, 0) is 6.42 Å². The number of benzene rings is 3. The minimum atomic E-state index is -0.180. The van der Waals surface area contributed by atoms with E-state index in [1.807, 2.05) is 59.3 Å². The van der Waals surface area contributed by atoms with Crippen molar-refractivity contribution in [3.05, 3.63) is 77.9 Å². The Kier molecular flexibility index (Phi) is 5.33. The number of aromatic nitrogens is 3. The summed E-state index contributed by atoms with van der Waals surface area (Å²) >= 11 is 0. The highest BCUT2D eigenvalue weighted by molar-refractivity contribution is 5.74. The second-order valence-corrected chi connectivity index (χ2v) is 6.67. The van der Waals surface area contributed by atoms with Crippen molar-refractivity contribution in [1.29, 1.82) is 0 Å². The zero-order valence-electron chi connectivity index (χ0n) is 16.7. The van der Waals surface area contributed by atoms with Crippen LogP contribution in [0.15, 0.2) is 66.7 Å². The molecule has 0 radical (unpaired) electrons. The van der Waals surface area contributed by atoms with E-state index in [2.05, 4.69) is 22.4 Å². The molecule has 6 nitrogen and oxygen atoms in total. The Balaban J connectivity index is 1.94. The molecular weight excluding hydrogens is 366 g/mol. The van der Waals surface area contributed by atoms with E-state index in [1.54, 1.807) is 21.3 Å². The molecule has 6 heteroatoms. The molecule has 0 aliphatic heterocycles. The van der Waals surface area contributed by atoms with Gasteiger partial charge in [-0.15, -0.1) is 5.10 Å². The first-order valence-corrected chi connectivity index (χ1v) is 9.39. The van der Waals surface area contributed by atoms with Gasteiger partial charge in [-0.1, -0.05) is 47.7 Å².